The predicted molar refractivity (Wildman–Crippen MR) is 130 cm³/mol. The van der Waals surface area contributed by atoms with E-state index in [1.165, 1.54) is 0 Å². The molecule has 0 unspecified atom stereocenters. The van der Waals surface area contributed by atoms with E-state index in [2.05, 4.69) is 10.2 Å². The van der Waals surface area contributed by atoms with Crippen LogP contribution in [0.2, 0.25) is 0 Å². The second-order valence-electron chi connectivity index (χ2n) is 7.59. The molecule has 0 bridgehead atoms. The van der Waals surface area contributed by atoms with E-state index in [9.17, 15) is 4.79 Å². The Balaban J connectivity index is 1.69. The molecule has 0 amide bonds. The van der Waals surface area contributed by atoms with Crippen LogP contribution in [0.3, 0.4) is 0 Å². The molecule has 0 saturated heterocycles. The number of aryl methyl sites for hydroxylation is 1. The highest BCUT2D eigenvalue weighted by atomic mass is 32.2. The Morgan fingerprint density at radius 3 is 2.48 bits per heavy atom. The van der Waals surface area contributed by atoms with E-state index in [0.29, 0.717) is 33.5 Å². The number of hydrogen-bond donors (Lipinski definition) is 0. The number of thioether (sulfide) groups is 1. The maximum atomic E-state index is 13.6. The number of ether oxygens (including phenoxy) is 2. The fourth-order valence-electron chi connectivity index (χ4n) is 3.83. The van der Waals surface area contributed by atoms with Crippen LogP contribution in [0.25, 0.3) is 22.4 Å². The van der Waals surface area contributed by atoms with Gasteiger partial charge in [-0.3, -0.25) is 9.20 Å². The van der Waals surface area contributed by atoms with E-state index in [0.717, 1.165) is 22.4 Å². The summed E-state index contributed by atoms with van der Waals surface area (Å²) in [4.78, 5) is 13.6. The number of benzene rings is 3. The average molecular weight is 459 g/mol. The normalized spacial score (nSPS) is 11.2. The van der Waals surface area contributed by atoms with Crippen LogP contribution in [0, 0.1) is 6.92 Å². The van der Waals surface area contributed by atoms with Crippen LogP contribution in [0.1, 0.15) is 11.1 Å². The monoisotopic (exact) mass is 458 g/mol. The van der Waals surface area contributed by atoms with Crippen molar-refractivity contribution < 1.29 is 9.47 Å². The summed E-state index contributed by atoms with van der Waals surface area (Å²) in [6, 6.07) is 21.2. The van der Waals surface area contributed by atoms with Crippen LogP contribution in [0.5, 0.6) is 11.5 Å². The number of nitrogens with zero attached hydrogens (tertiary/aromatic N) is 4. The van der Waals surface area contributed by atoms with Crippen LogP contribution in [-0.2, 0) is 5.75 Å². The zero-order valence-electron chi connectivity index (χ0n) is 18.5. The second kappa shape index (κ2) is 8.63. The molecule has 3 aromatic carbocycles. The lowest BCUT2D eigenvalue weighted by molar-refractivity contribution is 0.412. The van der Waals surface area contributed by atoms with Gasteiger partial charge < -0.3 is 9.47 Å². The van der Waals surface area contributed by atoms with Crippen molar-refractivity contribution in [3.63, 3.8) is 0 Å². The Labute approximate surface area is 194 Å². The predicted octanol–water partition coefficient (Wildman–Crippen LogP) is 4.65. The van der Waals surface area contributed by atoms with Gasteiger partial charge in [0.2, 0.25) is 5.78 Å². The molecule has 0 N–H and O–H groups in total. The average Bonchev–Trinajstić information content (AvgIpc) is 3.27. The molecule has 7 nitrogen and oxygen atoms in total. The van der Waals surface area contributed by atoms with Crippen LogP contribution < -0.4 is 15.0 Å². The lowest BCUT2D eigenvalue weighted by atomic mass is 10.2. The van der Waals surface area contributed by atoms with Crippen LogP contribution in [0.15, 0.2) is 76.7 Å². The summed E-state index contributed by atoms with van der Waals surface area (Å²) in [5.41, 5.74) is 3.38. The van der Waals surface area contributed by atoms with E-state index in [1.807, 2.05) is 78.1 Å². The summed E-state index contributed by atoms with van der Waals surface area (Å²) >= 11 is 1.56. The van der Waals surface area contributed by atoms with Gasteiger partial charge in [0.15, 0.2) is 5.16 Å². The van der Waals surface area contributed by atoms with Gasteiger partial charge in [-0.1, -0.05) is 42.1 Å². The van der Waals surface area contributed by atoms with Gasteiger partial charge in [0.05, 0.1) is 30.8 Å². The smallest absolute Gasteiger partial charge is 0.267 e. The molecule has 2 heterocycles. The molecule has 2 aromatic heterocycles. The summed E-state index contributed by atoms with van der Waals surface area (Å²) in [6.45, 7) is 1.98. The summed E-state index contributed by atoms with van der Waals surface area (Å²) in [6.07, 6.45) is 0. The maximum Gasteiger partial charge on any atom is 0.267 e. The quantitative estimate of drug-likeness (QED) is 0.345. The highest BCUT2D eigenvalue weighted by Crippen LogP contribution is 2.29. The molecule has 0 radical (unpaired) electrons. The number of fused-ring (bicyclic) bond motifs is 3. The third kappa shape index (κ3) is 3.72. The molecular formula is C25H22N4O3S. The number of hydrogen-bond acceptors (Lipinski definition) is 6. The molecule has 0 saturated carbocycles. The van der Waals surface area contributed by atoms with Gasteiger partial charge in [0.25, 0.3) is 5.56 Å². The fourth-order valence-corrected chi connectivity index (χ4v) is 4.73. The van der Waals surface area contributed by atoms with Gasteiger partial charge in [-0.2, -0.15) is 0 Å². The number of para-hydroxylation sites is 1. The highest BCUT2D eigenvalue weighted by Gasteiger charge is 2.20. The Hall–Kier alpha value is -3.78. The van der Waals surface area contributed by atoms with E-state index in [1.54, 1.807) is 30.5 Å². The molecule has 0 fully saturated rings. The molecule has 0 aliphatic carbocycles. The zero-order valence-corrected chi connectivity index (χ0v) is 19.3. The summed E-state index contributed by atoms with van der Waals surface area (Å²) in [7, 11) is 3.25. The molecule has 8 heteroatoms. The third-order valence-corrected chi connectivity index (χ3v) is 6.50. The minimum absolute atomic E-state index is 0.166. The van der Waals surface area contributed by atoms with Crippen LogP contribution in [-0.4, -0.2) is 33.4 Å². The van der Waals surface area contributed by atoms with E-state index < -0.39 is 0 Å². The topological polar surface area (TPSA) is 70.7 Å². The SMILES string of the molecule is COc1ccc(CSc2nnc3n(-c4cc(C)ccc4OC)c(=O)c4ccccc4n23)cc1. The fraction of sp³-hybridized carbons (Fsp3) is 0.160. The minimum Gasteiger partial charge on any atom is -0.497 e. The molecule has 0 aliphatic rings. The Kier molecular flexibility index (Phi) is 5.51. The number of aromatic nitrogens is 4. The van der Waals surface area contributed by atoms with Crippen molar-refractivity contribution in [1.29, 1.82) is 0 Å². The largest absolute Gasteiger partial charge is 0.497 e. The summed E-state index contributed by atoms with van der Waals surface area (Å²) < 4.78 is 14.3. The molecule has 0 aliphatic heterocycles. The van der Waals surface area contributed by atoms with Crippen molar-refractivity contribution in [1.82, 2.24) is 19.2 Å². The number of rotatable bonds is 6. The first kappa shape index (κ1) is 21.1. The van der Waals surface area contributed by atoms with Crippen molar-refractivity contribution in [3.8, 4) is 17.2 Å². The van der Waals surface area contributed by atoms with Crippen molar-refractivity contribution >= 4 is 28.4 Å². The first-order valence-corrected chi connectivity index (χ1v) is 11.4. The Morgan fingerprint density at radius 2 is 1.73 bits per heavy atom. The second-order valence-corrected chi connectivity index (χ2v) is 8.53. The van der Waals surface area contributed by atoms with E-state index in [4.69, 9.17) is 9.47 Å². The Bertz CT molecular complexity index is 1520. The van der Waals surface area contributed by atoms with Gasteiger partial charge in [-0.15, -0.1) is 10.2 Å². The first-order chi connectivity index (χ1) is 16.1. The molecule has 5 rings (SSSR count). The third-order valence-electron chi connectivity index (χ3n) is 5.50. The van der Waals surface area contributed by atoms with Gasteiger partial charge >= 0.3 is 0 Å². The van der Waals surface area contributed by atoms with Gasteiger partial charge in [0.1, 0.15) is 11.5 Å². The molecule has 5 aromatic rings. The standard InChI is InChI=1S/C25H22N4O3S/c1-16-8-13-22(32-3)21(14-16)28-23(30)19-6-4-5-7-20(19)29-24(28)26-27-25(29)33-15-17-9-11-18(31-2)12-10-17/h4-14H,15H2,1-3H3. The van der Waals surface area contributed by atoms with E-state index >= 15 is 0 Å². The van der Waals surface area contributed by atoms with Gasteiger partial charge in [0, 0.05) is 5.75 Å². The lowest BCUT2D eigenvalue weighted by Crippen LogP contribution is -2.22. The lowest BCUT2D eigenvalue weighted by Gasteiger charge is -2.14. The van der Waals surface area contributed by atoms with Gasteiger partial charge in [-0.25, -0.2) is 4.57 Å². The van der Waals surface area contributed by atoms with E-state index in [-0.39, 0.29) is 5.56 Å². The number of methoxy groups -OCH3 is 2. The molecule has 166 valence electrons. The summed E-state index contributed by atoms with van der Waals surface area (Å²) in [5, 5.41) is 10.2. The van der Waals surface area contributed by atoms with Crippen molar-refractivity contribution in [2.24, 2.45) is 0 Å². The minimum atomic E-state index is -0.166. The van der Waals surface area contributed by atoms with Crippen molar-refractivity contribution in [3.05, 3.63) is 88.2 Å². The Morgan fingerprint density at radius 1 is 0.939 bits per heavy atom. The molecule has 33 heavy (non-hydrogen) atoms. The molecule has 0 spiro atoms. The first-order valence-electron chi connectivity index (χ1n) is 10.4. The van der Waals surface area contributed by atoms with Crippen LogP contribution >= 0.6 is 11.8 Å². The molecule has 0 atom stereocenters. The highest BCUT2D eigenvalue weighted by molar-refractivity contribution is 7.98. The summed E-state index contributed by atoms with van der Waals surface area (Å²) in [5.74, 6) is 2.56. The van der Waals surface area contributed by atoms with Crippen molar-refractivity contribution in [2.75, 3.05) is 14.2 Å². The van der Waals surface area contributed by atoms with Crippen LogP contribution in [0.4, 0.5) is 0 Å². The van der Waals surface area contributed by atoms with Crippen molar-refractivity contribution in [2.45, 2.75) is 17.8 Å². The van der Waals surface area contributed by atoms with Gasteiger partial charge in [-0.05, 0) is 54.4 Å². The zero-order chi connectivity index (χ0) is 22.9. The maximum absolute atomic E-state index is 13.6. The molecular weight excluding hydrogens is 436 g/mol.